The highest BCUT2D eigenvalue weighted by Crippen LogP contribution is 2.26. The molecule has 0 aromatic heterocycles. The van der Waals surface area contributed by atoms with Crippen LogP contribution in [0.15, 0.2) is 22.7 Å². The van der Waals surface area contributed by atoms with Gasteiger partial charge in [-0.05, 0) is 49.4 Å². The fourth-order valence-corrected chi connectivity index (χ4v) is 2.71. The van der Waals surface area contributed by atoms with Crippen LogP contribution in [-0.2, 0) is 6.54 Å². The number of aryl methyl sites for hydroxylation is 1. The van der Waals surface area contributed by atoms with Crippen LogP contribution in [0.2, 0.25) is 0 Å². The van der Waals surface area contributed by atoms with Crippen LogP contribution < -0.4 is 5.32 Å². The normalized spacial score (nSPS) is 24.2. The summed E-state index contributed by atoms with van der Waals surface area (Å²) in [5.74, 6) is 0.666. The highest BCUT2D eigenvalue weighted by Gasteiger charge is 2.26. The van der Waals surface area contributed by atoms with Gasteiger partial charge in [-0.15, -0.1) is 0 Å². The molecule has 0 spiro atoms. The molecule has 2 N–H and O–H groups in total. The minimum atomic E-state index is -0.0436. The van der Waals surface area contributed by atoms with E-state index in [2.05, 4.69) is 46.4 Å². The van der Waals surface area contributed by atoms with Crippen molar-refractivity contribution in [2.24, 2.45) is 5.92 Å². The number of nitrogens with one attached hydrogen (secondary N) is 1. The van der Waals surface area contributed by atoms with Gasteiger partial charge in [0.15, 0.2) is 0 Å². The molecule has 0 amide bonds. The van der Waals surface area contributed by atoms with Gasteiger partial charge >= 0.3 is 0 Å². The molecule has 0 heterocycles. The molecular weight excluding hydrogens is 266 g/mol. The zero-order valence-electron chi connectivity index (χ0n) is 9.54. The van der Waals surface area contributed by atoms with E-state index < -0.39 is 0 Å². The number of aliphatic hydroxyl groups excluding tert-OH is 1. The van der Waals surface area contributed by atoms with Crippen molar-refractivity contribution in [1.82, 2.24) is 5.32 Å². The Bertz CT molecular complexity index is 361. The Morgan fingerprint density at radius 3 is 2.81 bits per heavy atom. The third-order valence-electron chi connectivity index (χ3n) is 3.17. The summed E-state index contributed by atoms with van der Waals surface area (Å²) in [4.78, 5) is 0. The molecule has 1 aromatic rings. The number of hydrogen-bond donors (Lipinski definition) is 2. The Kier molecular flexibility index (Phi) is 4.00. The standard InChI is InChI=1S/C13H18BrNO/c1-9-2-3-11(13(14)4-9)8-15-7-10-5-12(16)6-10/h2-4,10,12,15-16H,5-8H2,1H3. The van der Waals surface area contributed by atoms with Gasteiger partial charge < -0.3 is 10.4 Å². The van der Waals surface area contributed by atoms with Crippen molar-refractivity contribution in [2.45, 2.75) is 32.4 Å². The Labute approximate surface area is 105 Å². The molecule has 1 saturated carbocycles. The van der Waals surface area contributed by atoms with Gasteiger partial charge in [-0.2, -0.15) is 0 Å². The Morgan fingerprint density at radius 1 is 1.44 bits per heavy atom. The Morgan fingerprint density at radius 2 is 2.19 bits per heavy atom. The molecule has 0 radical (unpaired) electrons. The van der Waals surface area contributed by atoms with Gasteiger partial charge in [0.05, 0.1) is 6.10 Å². The van der Waals surface area contributed by atoms with Gasteiger partial charge in [0.2, 0.25) is 0 Å². The van der Waals surface area contributed by atoms with Crippen molar-refractivity contribution in [1.29, 1.82) is 0 Å². The SMILES string of the molecule is Cc1ccc(CNCC2CC(O)C2)c(Br)c1. The van der Waals surface area contributed by atoms with Gasteiger partial charge in [0.1, 0.15) is 0 Å². The highest BCUT2D eigenvalue weighted by molar-refractivity contribution is 9.10. The van der Waals surface area contributed by atoms with Crippen molar-refractivity contribution in [3.8, 4) is 0 Å². The van der Waals surface area contributed by atoms with E-state index in [1.54, 1.807) is 0 Å². The van der Waals surface area contributed by atoms with E-state index in [1.807, 2.05) is 0 Å². The molecule has 16 heavy (non-hydrogen) atoms. The van der Waals surface area contributed by atoms with Crippen molar-refractivity contribution in [2.75, 3.05) is 6.54 Å². The van der Waals surface area contributed by atoms with Crippen LogP contribution in [0.4, 0.5) is 0 Å². The maximum absolute atomic E-state index is 9.17. The summed E-state index contributed by atoms with van der Waals surface area (Å²) >= 11 is 3.57. The lowest BCUT2D eigenvalue weighted by Gasteiger charge is -2.31. The highest BCUT2D eigenvalue weighted by atomic mass is 79.9. The molecule has 3 heteroatoms. The van der Waals surface area contributed by atoms with Crippen LogP contribution in [0.1, 0.15) is 24.0 Å². The number of rotatable bonds is 4. The van der Waals surface area contributed by atoms with E-state index >= 15 is 0 Å². The van der Waals surface area contributed by atoms with E-state index in [4.69, 9.17) is 0 Å². The minimum Gasteiger partial charge on any atom is -0.393 e. The first-order valence-corrected chi connectivity index (χ1v) is 6.58. The largest absolute Gasteiger partial charge is 0.393 e. The molecule has 1 aliphatic rings. The fraction of sp³-hybridized carbons (Fsp3) is 0.538. The second kappa shape index (κ2) is 5.30. The van der Waals surface area contributed by atoms with Crippen LogP contribution in [-0.4, -0.2) is 17.8 Å². The maximum Gasteiger partial charge on any atom is 0.0546 e. The topological polar surface area (TPSA) is 32.3 Å². The molecule has 2 nitrogen and oxygen atoms in total. The van der Waals surface area contributed by atoms with Crippen LogP contribution in [0.5, 0.6) is 0 Å². The van der Waals surface area contributed by atoms with E-state index in [0.29, 0.717) is 5.92 Å². The maximum atomic E-state index is 9.17. The molecule has 1 aromatic carbocycles. The first kappa shape index (κ1) is 12.1. The number of hydrogen-bond acceptors (Lipinski definition) is 2. The summed E-state index contributed by atoms with van der Waals surface area (Å²) in [6.07, 6.45) is 1.88. The summed E-state index contributed by atoms with van der Waals surface area (Å²) in [6, 6.07) is 6.43. The van der Waals surface area contributed by atoms with Gasteiger partial charge in [-0.25, -0.2) is 0 Å². The average molecular weight is 284 g/mol. The average Bonchev–Trinajstić information content (AvgIpc) is 2.18. The van der Waals surface area contributed by atoms with E-state index in [9.17, 15) is 5.11 Å². The van der Waals surface area contributed by atoms with Gasteiger partial charge in [0.25, 0.3) is 0 Å². The number of aliphatic hydroxyl groups is 1. The van der Waals surface area contributed by atoms with E-state index in [0.717, 1.165) is 25.9 Å². The minimum absolute atomic E-state index is 0.0436. The number of halogens is 1. The summed E-state index contributed by atoms with van der Waals surface area (Å²) in [5, 5.41) is 12.6. The molecule has 1 fully saturated rings. The molecule has 0 bridgehead atoms. The van der Waals surface area contributed by atoms with Gasteiger partial charge in [0, 0.05) is 11.0 Å². The lowest BCUT2D eigenvalue weighted by Crippen LogP contribution is -2.35. The smallest absolute Gasteiger partial charge is 0.0546 e. The molecule has 0 atom stereocenters. The van der Waals surface area contributed by atoms with Crippen molar-refractivity contribution < 1.29 is 5.11 Å². The molecular formula is C13H18BrNO. The predicted molar refractivity (Wildman–Crippen MR) is 69.3 cm³/mol. The third-order valence-corrected chi connectivity index (χ3v) is 3.91. The van der Waals surface area contributed by atoms with Crippen LogP contribution in [0.25, 0.3) is 0 Å². The third kappa shape index (κ3) is 3.06. The molecule has 0 aliphatic heterocycles. The monoisotopic (exact) mass is 283 g/mol. The van der Waals surface area contributed by atoms with Crippen LogP contribution in [0.3, 0.4) is 0 Å². The zero-order chi connectivity index (χ0) is 11.5. The first-order chi connectivity index (χ1) is 7.65. The summed E-state index contributed by atoms with van der Waals surface area (Å²) < 4.78 is 1.17. The molecule has 0 unspecified atom stereocenters. The van der Waals surface area contributed by atoms with E-state index in [1.165, 1.54) is 15.6 Å². The lowest BCUT2D eigenvalue weighted by atomic mass is 9.82. The first-order valence-electron chi connectivity index (χ1n) is 5.79. The Balaban J connectivity index is 1.76. The second-order valence-corrected chi connectivity index (χ2v) is 5.57. The Hall–Kier alpha value is -0.380. The van der Waals surface area contributed by atoms with Crippen molar-refractivity contribution in [3.63, 3.8) is 0 Å². The van der Waals surface area contributed by atoms with Crippen LogP contribution >= 0.6 is 15.9 Å². The van der Waals surface area contributed by atoms with Crippen molar-refractivity contribution in [3.05, 3.63) is 33.8 Å². The molecule has 1 aliphatic carbocycles. The molecule has 88 valence electrons. The van der Waals surface area contributed by atoms with E-state index in [-0.39, 0.29) is 6.10 Å². The van der Waals surface area contributed by atoms with Crippen molar-refractivity contribution >= 4 is 15.9 Å². The predicted octanol–water partition coefficient (Wildman–Crippen LogP) is 2.62. The quantitative estimate of drug-likeness (QED) is 0.890. The van der Waals surface area contributed by atoms with Gasteiger partial charge in [-0.1, -0.05) is 28.1 Å². The number of benzene rings is 1. The lowest BCUT2D eigenvalue weighted by molar-refractivity contribution is 0.0429. The van der Waals surface area contributed by atoms with Gasteiger partial charge in [-0.3, -0.25) is 0 Å². The molecule has 2 rings (SSSR count). The fourth-order valence-electron chi connectivity index (χ4n) is 2.07. The molecule has 0 saturated heterocycles. The summed E-state index contributed by atoms with van der Waals surface area (Å²) in [6.45, 7) is 4.00. The second-order valence-electron chi connectivity index (χ2n) is 4.72. The van der Waals surface area contributed by atoms with Crippen LogP contribution in [0, 0.1) is 12.8 Å². The summed E-state index contributed by atoms with van der Waals surface area (Å²) in [7, 11) is 0. The zero-order valence-corrected chi connectivity index (χ0v) is 11.1. The summed E-state index contributed by atoms with van der Waals surface area (Å²) in [5.41, 5.74) is 2.57.